The fourth-order valence-corrected chi connectivity index (χ4v) is 3.65. The highest BCUT2D eigenvalue weighted by Gasteiger charge is 2.33. The van der Waals surface area contributed by atoms with Crippen molar-refractivity contribution in [1.29, 1.82) is 5.26 Å². The number of nitrogens with zero attached hydrogens (tertiary/aromatic N) is 2. The first-order valence-electron chi connectivity index (χ1n) is 8.35. The highest BCUT2D eigenvalue weighted by Crippen LogP contribution is 2.34. The number of rotatable bonds is 6. The summed E-state index contributed by atoms with van der Waals surface area (Å²) in [7, 11) is 1.48. The van der Waals surface area contributed by atoms with Gasteiger partial charge in [-0.25, -0.2) is 0 Å². The summed E-state index contributed by atoms with van der Waals surface area (Å²) in [6.07, 6.45) is 1.64. The number of thioether (sulfide) groups is 1. The minimum atomic E-state index is -0.427. The Hall–Kier alpha value is -3.35. The molecule has 0 radical (unpaired) electrons. The monoisotopic (exact) mass is 425 g/mol. The van der Waals surface area contributed by atoms with Crippen molar-refractivity contribution >= 4 is 46.2 Å². The van der Waals surface area contributed by atoms with Gasteiger partial charge in [0.05, 0.1) is 12.0 Å². The molecule has 0 atom stereocenters. The van der Waals surface area contributed by atoms with Gasteiger partial charge in [0.1, 0.15) is 6.07 Å². The fraction of sp³-hybridized carbons (Fsp3) is 0.100. The van der Waals surface area contributed by atoms with Gasteiger partial charge in [-0.15, -0.1) is 0 Å². The zero-order valence-electron chi connectivity index (χ0n) is 15.2. The molecule has 146 valence electrons. The van der Waals surface area contributed by atoms with Gasteiger partial charge in [-0.05, 0) is 48.1 Å². The minimum Gasteiger partial charge on any atom is -0.493 e. The van der Waals surface area contributed by atoms with Crippen LogP contribution in [-0.4, -0.2) is 34.9 Å². The van der Waals surface area contributed by atoms with Crippen LogP contribution in [0.5, 0.6) is 11.5 Å². The third-order valence-corrected chi connectivity index (χ3v) is 5.12. The van der Waals surface area contributed by atoms with Crippen molar-refractivity contribution in [2.45, 2.75) is 0 Å². The molecule has 1 saturated heterocycles. The van der Waals surface area contributed by atoms with Crippen molar-refractivity contribution < 1.29 is 19.1 Å². The molecule has 2 aromatic carbocycles. The van der Waals surface area contributed by atoms with Gasteiger partial charge >= 0.3 is 0 Å². The number of carbonyl (C=O) groups excluding carboxylic acids is 2. The molecule has 0 aromatic heterocycles. The fourth-order valence-electron chi connectivity index (χ4n) is 2.47. The van der Waals surface area contributed by atoms with E-state index in [1.807, 2.05) is 6.07 Å². The summed E-state index contributed by atoms with van der Waals surface area (Å²) in [5.74, 6) is 0.00704. The van der Waals surface area contributed by atoms with Crippen LogP contribution in [-0.2, 0) is 4.79 Å². The lowest BCUT2D eigenvalue weighted by atomic mass is 10.2. The Balaban J connectivity index is 1.77. The van der Waals surface area contributed by atoms with E-state index in [-0.39, 0.29) is 10.9 Å². The largest absolute Gasteiger partial charge is 0.493 e. The van der Waals surface area contributed by atoms with Crippen molar-refractivity contribution in [2.75, 3.05) is 13.7 Å². The maximum Gasteiger partial charge on any atom is 0.285 e. The van der Waals surface area contributed by atoms with Crippen LogP contribution in [0.3, 0.4) is 0 Å². The van der Waals surface area contributed by atoms with Crippen LogP contribution in [0.15, 0.2) is 53.4 Å². The average molecular weight is 425 g/mol. The summed E-state index contributed by atoms with van der Waals surface area (Å²) < 4.78 is 10.8. The topological polar surface area (TPSA) is 91.7 Å². The Kier molecular flexibility index (Phi) is 6.49. The highest BCUT2D eigenvalue weighted by molar-refractivity contribution is 8.26. The number of thiocarbonyl (C=S) groups is 1. The lowest BCUT2D eigenvalue weighted by Gasteiger charge is -2.15. The van der Waals surface area contributed by atoms with E-state index < -0.39 is 11.8 Å². The third kappa shape index (κ3) is 4.74. The predicted molar refractivity (Wildman–Crippen MR) is 113 cm³/mol. The molecule has 0 spiro atoms. The van der Waals surface area contributed by atoms with E-state index in [1.54, 1.807) is 54.6 Å². The number of nitrogens with one attached hydrogen (secondary N) is 1. The van der Waals surface area contributed by atoms with Crippen molar-refractivity contribution in [2.24, 2.45) is 0 Å². The van der Waals surface area contributed by atoms with E-state index in [2.05, 4.69) is 5.43 Å². The first-order chi connectivity index (χ1) is 14.0. The highest BCUT2D eigenvalue weighted by atomic mass is 32.2. The second-order valence-corrected chi connectivity index (χ2v) is 7.36. The number of amides is 2. The first kappa shape index (κ1) is 20.4. The summed E-state index contributed by atoms with van der Waals surface area (Å²) in [5.41, 5.74) is 3.63. The Morgan fingerprint density at radius 2 is 2.03 bits per heavy atom. The van der Waals surface area contributed by atoms with Gasteiger partial charge in [0.25, 0.3) is 11.8 Å². The van der Waals surface area contributed by atoms with Crippen molar-refractivity contribution in [3.63, 3.8) is 0 Å². The number of carbonyl (C=O) groups is 2. The van der Waals surface area contributed by atoms with E-state index >= 15 is 0 Å². The Morgan fingerprint density at radius 3 is 2.72 bits per heavy atom. The molecule has 2 aromatic rings. The minimum absolute atomic E-state index is 0.102. The molecule has 29 heavy (non-hydrogen) atoms. The molecule has 9 heteroatoms. The number of hydrazine groups is 1. The number of nitriles is 1. The van der Waals surface area contributed by atoms with Gasteiger partial charge in [0.15, 0.2) is 22.4 Å². The molecule has 0 saturated carbocycles. The van der Waals surface area contributed by atoms with E-state index in [4.69, 9.17) is 27.0 Å². The average Bonchev–Trinajstić information content (AvgIpc) is 3.00. The molecule has 1 fully saturated rings. The maximum absolute atomic E-state index is 12.7. The molecule has 1 heterocycles. The third-order valence-electron chi connectivity index (χ3n) is 3.82. The molecule has 7 nitrogen and oxygen atoms in total. The lowest BCUT2D eigenvalue weighted by molar-refractivity contribution is -0.123. The summed E-state index contributed by atoms with van der Waals surface area (Å²) in [6.45, 7) is -0.102. The molecular weight excluding hydrogens is 410 g/mol. The summed E-state index contributed by atoms with van der Waals surface area (Å²) in [4.78, 5) is 25.4. The molecule has 3 rings (SSSR count). The van der Waals surface area contributed by atoms with Crippen LogP contribution >= 0.6 is 24.0 Å². The van der Waals surface area contributed by atoms with Crippen LogP contribution < -0.4 is 14.9 Å². The summed E-state index contributed by atoms with van der Waals surface area (Å²) in [6, 6.07) is 15.5. The van der Waals surface area contributed by atoms with Crippen LogP contribution in [0, 0.1) is 11.3 Å². The zero-order chi connectivity index (χ0) is 20.8. The van der Waals surface area contributed by atoms with Crippen molar-refractivity contribution in [1.82, 2.24) is 10.4 Å². The second kappa shape index (κ2) is 9.23. The van der Waals surface area contributed by atoms with E-state index in [0.717, 1.165) is 16.8 Å². The van der Waals surface area contributed by atoms with Crippen LogP contribution in [0.25, 0.3) is 6.08 Å². The zero-order valence-corrected chi connectivity index (χ0v) is 16.9. The van der Waals surface area contributed by atoms with Gasteiger partial charge in [-0.2, -0.15) is 10.3 Å². The molecule has 0 bridgehead atoms. The molecule has 1 N–H and O–H groups in total. The Labute approximate surface area is 176 Å². The summed E-state index contributed by atoms with van der Waals surface area (Å²) >= 11 is 6.32. The van der Waals surface area contributed by atoms with Gasteiger partial charge in [0, 0.05) is 5.56 Å². The Bertz CT molecular complexity index is 1030. The van der Waals surface area contributed by atoms with Crippen molar-refractivity contribution in [3.05, 3.63) is 64.6 Å². The molecule has 1 aliphatic rings. The van der Waals surface area contributed by atoms with Crippen molar-refractivity contribution in [3.8, 4) is 17.6 Å². The number of benzene rings is 2. The van der Waals surface area contributed by atoms with E-state index in [9.17, 15) is 9.59 Å². The Morgan fingerprint density at radius 1 is 1.28 bits per heavy atom. The SMILES string of the molecule is COc1cc(/C=C2\SC(=S)N(NC(=O)c3ccccc3)C2=O)ccc1OCC#N. The van der Waals surface area contributed by atoms with Gasteiger partial charge in [0.2, 0.25) is 0 Å². The number of hydrogen-bond donors (Lipinski definition) is 1. The second-order valence-electron chi connectivity index (χ2n) is 5.68. The first-order valence-corrected chi connectivity index (χ1v) is 9.57. The normalized spacial score (nSPS) is 14.6. The van der Waals surface area contributed by atoms with Crippen LogP contribution in [0.2, 0.25) is 0 Å². The molecule has 2 amide bonds. The number of methoxy groups -OCH3 is 1. The number of hydrogen-bond acceptors (Lipinski definition) is 7. The lowest BCUT2D eigenvalue weighted by Crippen LogP contribution is -2.44. The molecular formula is C20H15N3O4S2. The smallest absolute Gasteiger partial charge is 0.285 e. The van der Waals surface area contributed by atoms with Crippen LogP contribution in [0.4, 0.5) is 0 Å². The van der Waals surface area contributed by atoms with Crippen LogP contribution in [0.1, 0.15) is 15.9 Å². The molecule has 0 unspecified atom stereocenters. The van der Waals surface area contributed by atoms with E-state index in [0.29, 0.717) is 27.5 Å². The predicted octanol–water partition coefficient (Wildman–Crippen LogP) is 3.14. The van der Waals surface area contributed by atoms with Gasteiger partial charge in [-0.1, -0.05) is 36.0 Å². The maximum atomic E-state index is 12.7. The van der Waals surface area contributed by atoms with E-state index in [1.165, 1.54) is 7.11 Å². The van der Waals surface area contributed by atoms with Gasteiger partial charge < -0.3 is 9.47 Å². The standard InChI is InChI=1S/C20H15N3O4S2/c1-26-16-11-13(7-8-15(16)27-10-9-21)12-17-19(25)23(20(28)29-17)22-18(24)14-5-3-2-4-6-14/h2-8,11-12H,10H2,1H3,(H,22,24)/b17-12-. The summed E-state index contributed by atoms with van der Waals surface area (Å²) in [5, 5.41) is 9.70. The van der Waals surface area contributed by atoms with Gasteiger partial charge in [-0.3, -0.25) is 15.0 Å². The quantitative estimate of drug-likeness (QED) is 0.561. The number of ether oxygens (including phenoxy) is 2. The molecule has 0 aliphatic carbocycles. The molecule has 1 aliphatic heterocycles.